The van der Waals surface area contributed by atoms with Crippen LogP contribution in [0.25, 0.3) is 11.1 Å². The maximum absolute atomic E-state index is 12.2. The summed E-state index contributed by atoms with van der Waals surface area (Å²) in [5.74, 6) is -1.22. The van der Waals surface area contributed by atoms with E-state index in [2.05, 4.69) is 34.9 Å². The second kappa shape index (κ2) is 13.5. The van der Waals surface area contributed by atoms with Gasteiger partial charge in [0, 0.05) is 26.0 Å². The summed E-state index contributed by atoms with van der Waals surface area (Å²) in [6.45, 7) is 0.816. The van der Waals surface area contributed by atoms with E-state index < -0.39 is 18.2 Å². The molecule has 2 aromatic carbocycles. The number of amides is 2. The Balaban J connectivity index is 1.25. The van der Waals surface area contributed by atoms with Crippen LogP contribution in [0.4, 0.5) is 4.79 Å². The normalized spacial score (nSPS) is 12.9. The predicted octanol–water partition coefficient (Wildman–Crippen LogP) is 4.08. The average Bonchev–Trinajstić information content (AvgIpc) is 3.18. The number of carbonyl (C=O) groups is 3. The molecule has 35 heavy (non-hydrogen) atoms. The first-order valence-corrected chi connectivity index (χ1v) is 12.1. The van der Waals surface area contributed by atoms with Crippen LogP contribution in [0.1, 0.15) is 55.6 Å². The minimum atomic E-state index is -1.10. The number of carboxylic acids is 1. The summed E-state index contributed by atoms with van der Waals surface area (Å²) in [5.41, 5.74) is 4.79. The van der Waals surface area contributed by atoms with E-state index in [1.807, 2.05) is 24.3 Å². The summed E-state index contributed by atoms with van der Waals surface area (Å²) in [4.78, 5) is 34.8. The Morgan fingerprint density at radius 3 is 2.11 bits per heavy atom. The zero-order valence-electron chi connectivity index (χ0n) is 20.1. The van der Waals surface area contributed by atoms with Crippen LogP contribution in [0.2, 0.25) is 0 Å². The van der Waals surface area contributed by atoms with Crippen LogP contribution in [0.15, 0.2) is 48.5 Å². The van der Waals surface area contributed by atoms with Crippen molar-refractivity contribution in [2.24, 2.45) is 0 Å². The molecule has 0 saturated carbocycles. The number of methoxy groups -OCH3 is 1. The first kappa shape index (κ1) is 26.2. The van der Waals surface area contributed by atoms with Gasteiger partial charge >= 0.3 is 12.1 Å². The van der Waals surface area contributed by atoms with Crippen LogP contribution < -0.4 is 10.6 Å². The third-order valence-corrected chi connectivity index (χ3v) is 6.24. The number of alkyl carbamates (subject to hydrolysis) is 1. The van der Waals surface area contributed by atoms with Gasteiger partial charge in [0.05, 0.1) is 6.54 Å². The topological polar surface area (TPSA) is 114 Å². The van der Waals surface area contributed by atoms with Gasteiger partial charge in [0.25, 0.3) is 0 Å². The minimum absolute atomic E-state index is 0.0355. The van der Waals surface area contributed by atoms with E-state index in [0.717, 1.165) is 32.1 Å². The molecule has 0 heterocycles. The molecule has 2 amide bonds. The van der Waals surface area contributed by atoms with Crippen LogP contribution in [0.5, 0.6) is 0 Å². The zero-order valence-corrected chi connectivity index (χ0v) is 20.1. The second-order valence-corrected chi connectivity index (χ2v) is 8.64. The first-order chi connectivity index (χ1) is 17.0. The Morgan fingerprint density at radius 1 is 0.886 bits per heavy atom. The van der Waals surface area contributed by atoms with E-state index in [4.69, 9.17) is 14.6 Å². The van der Waals surface area contributed by atoms with E-state index in [1.165, 1.54) is 29.4 Å². The molecule has 188 valence electrons. The van der Waals surface area contributed by atoms with Gasteiger partial charge in [-0.1, -0.05) is 67.8 Å². The predicted molar refractivity (Wildman–Crippen MR) is 132 cm³/mol. The Labute approximate surface area is 206 Å². The van der Waals surface area contributed by atoms with Gasteiger partial charge in [0.15, 0.2) is 6.10 Å². The van der Waals surface area contributed by atoms with Gasteiger partial charge in [-0.15, -0.1) is 0 Å². The number of carbonyl (C=O) groups excluding carboxylic acids is 2. The van der Waals surface area contributed by atoms with Crippen molar-refractivity contribution < 1.29 is 29.0 Å². The van der Waals surface area contributed by atoms with Crippen LogP contribution >= 0.6 is 0 Å². The van der Waals surface area contributed by atoms with Crippen molar-refractivity contribution >= 4 is 18.0 Å². The molecule has 1 atom stereocenters. The van der Waals surface area contributed by atoms with E-state index in [1.54, 1.807) is 0 Å². The highest BCUT2D eigenvalue weighted by Crippen LogP contribution is 2.44. The largest absolute Gasteiger partial charge is 0.479 e. The van der Waals surface area contributed by atoms with Crippen LogP contribution in [-0.4, -0.2) is 56.0 Å². The van der Waals surface area contributed by atoms with E-state index in [0.29, 0.717) is 19.6 Å². The van der Waals surface area contributed by atoms with Crippen molar-refractivity contribution in [2.45, 2.75) is 50.5 Å². The van der Waals surface area contributed by atoms with Gasteiger partial charge in [-0.3, -0.25) is 4.79 Å². The van der Waals surface area contributed by atoms with Gasteiger partial charge in [0.2, 0.25) is 5.91 Å². The fourth-order valence-electron chi connectivity index (χ4n) is 4.35. The summed E-state index contributed by atoms with van der Waals surface area (Å²) in [6.07, 6.45) is 3.29. The fourth-order valence-corrected chi connectivity index (χ4v) is 4.35. The molecule has 0 radical (unpaired) electrons. The number of rotatable bonds is 14. The van der Waals surface area contributed by atoms with Gasteiger partial charge in [0.1, 0.15) is 6.61 Å². The number of unbranched alkanes of at least 4 members (excludes halogenated alkanes) is 4. The molecule has 1 aliphatic carbocycles. The first-order valence-electron chi connectivity index (χ1n) is 12.1. The van der Waals surface area contributed by atoms with Gasteiger partial charge in [-0.25, -0.2) is 9.59 Å². The number of fused-ring (bicyclic) bond motifs is 3. The molecule has 1 unspecified atom stereocenters. The van der Waals surface area contributed by atoms with Crippen molar-refractivity contribution in [3.8, 4) is 11.1 Å². The van der Waals surface area contributed by atoms with E-state index in [-0.39, 0.29) is 18.4 Å². The molecule has 0 saturated heterocycles. The summed E-state index contributed by atoms with van der Waals surface area (Å²) in [5, 5.41) is 14.3. The molecule has 0 aliphatic heterocycles. The molecule has 2 aromatic rings. The second-order valence-electron chi connectivity index (χ2n) is 8.64. The number of hydrogen-bond acceptors (Lipinski definition) is 5. The Bertz CT molecular complexity index is 963. The smallest absolute Gasteiger partial charge is 0.407 e. The number of benzene rings is 2. The lowest BCUT2D eigenvalue weighted by Crippen LogP contribution is -2.37. The van der Waals surface area contributed by atoms with Gasteiger partial charge in [-0.05, 0) is 35.1 Å². The highest BCUT2D eigenvalue weighted by Gasteiger charge is 2.28. The summed E-state index contributed by atoms with van der Waals surface area (Å²) in [6, 6.07) is 16.5. The SMILES string of the molecule is COC(CNC(=O)CCCCCCCNC(=O)OCC1c2ccccc2-c2ccccc21)C(=O)O. The Kier molecular flexibility index (Phi) is 10.1. The summed E-state index contributed by atoms with van der Waals surface area (Å²) < 4.78 is 10.3. The maximum Gasteiger partial charge on any atom is 0.407 e. The number of carboxylic acid groups (broad SMARTS) is 1. The van der Waals surface area contributed by atoms with Gasteiger partial charge < -0.3 is 25.2 Å². The molecule has 0 bridgehead atoms. The number of aliphatic carboxylic acids is 1. The highest BCUT2D eigenvalue weighted by molar-refractivity contribution is 5.79. The van der Waals surface area contributed by atoms with Crippen molar-refractivity contribution in [1.82, 2.24) is 10.6 Å². The lowest BCUT2D eigenvalue weighted by Gasteiger charge is -2.14. The molecule has 0 fully saturated rings. The number of nitrogens with one attached hydrogen (secondary N) is 2. The minimum Gasteiger partial charge on any atom is -0.479 e. The van der Waals surface area contributed by atoms with Crippen LogP contribution in [-0.2, 0) is 19.1 Å². The molecule has 3 rings (SSSR count). The molecular weight excluding hydrogens is 448 g/mol. The van der Waals surface area contributed by atoms with Crippen molar-refractivity contribution in [3.63, 3.8) is 0 Å². The maximum atomic E-state index is 12.2. The van der Waals surface area contributed by atoms with Crippen molar-refractivity contribution in [2.75, 3.05) is 26.8 Å². The van der Waals surface area contributed by atoms with E-state index in [9.17, 15) is 14.4 Å². The molecular formula is C27H34N2O6. The van der Waals surface area contributed by atoms with Gasteiger partial charge in [-0.2, -0.15) is 0 Å². The Hall–Kier alpha value is -3.39. The molecule has 3 N–H and O–H groups in total. The standard InChI is InChI=1S/C27H34N2O6/c1-34-24(26(31)32)17-29-25(30)15-5-3-2-4-10-16-28-27(33)35-18-23-21-13-8-6-11-19(21)20-12-7-9-14-22(20)23/h6-9,11-14,23-24H,2-5,10,15-18H2,1H3,(H,28,33)(H,29,30)(H,31,32). The lowest BCUT2D eigenvalue weighted by molar-refractivity contribution is -0.148. The fraction of sp³-hybridized carbons (Fsp3) is 0.444. The monoisotopic (exact) mass is 482 g/mol. The molecule has 8 nitrogen and oxygen atoms in total. The van der Waals surface area contributed by atoms with Crippen molar-refractivity contribution in [1.29, 1.82) is 0 Å². The quantitative estimate of drug-likeness (QED) is 0.350. The number of ether oxygens (including phenoxy) is 2. The van der Waals surface area contributed by atoms with Crippen molar-refractivity contribution in [3.05, 3.63) is 59.7 Å². The molecule has 0 spiro atoms. The Morgan fingerprint density at radius 2 is 1.49 bits per heavy atom. The number of hydrogen-bond donors (Lipinski definition) is 3. The molecule has 8 heteroatoms. The summed E-state index contributed by atoms with van der Waals surface area (Å²) >= 11 is 0. The molecule has 1 aliphatic rings. The third-order valence-electron chi connectivity index (χ3n) is 6.24. The highest BCUT2D eigenvalue weighted by atomic mass is 16.5. The average molecular weight is 483 g/mol. The summed E-state index contributed by atoms with van der Waals surface area (Å²) in [7, 11) is 1.30. The zero-order chi connectivity index (χ0) is 25.0. The van der Waals surface area contributed by atoms with Crippen LogP contribution in [0, 0.1) is 0 Å². The molecule has 0 aromatic heterocycles. The van der Waals surface area contributed by atoms with Crippen LogP contribution in [0.3, 0.4) is 0 Å². The van der Waals surface area contributed by atoms with E-state index >= 15 is 0 Å². The third kappa shape index (κ3) is 7.55. The lowest BCUT2D eigenvalue weighted by atomic mass is 9.98.